The van der Waals surface area contributed by atoms with Gasteiger partial charge in [0.1, 0.15) is 0 Å². The molecule has 9 heteroatoms. The van der Waals surface area contributed by atoms with Gasteiger partial charge in [0.25, 0.3) is 0 Å². The zero-order valence-electron chi connectivity index (χ0n) is 16.7. The molecule has 162 valence electrons. The van der Waals surface area contributed by atoms with Crippen molar-refractivity contribution in [2.24, 2.45) is 0 Å². The quantitative estimate of drug-likeness (QED) is 0.685. The maximum Gasteiger partial charge on any atom is 0.238 e. The Hall–Kier alpha value is -2.16. The Bertz CT molecular complexity index is 994. The maximum absolute atomic E-state index is 12.5. The van der Waals surface area contributed by atoms with Crippen molar-refractivity contribution in [3.63, 3.8) is 0 Å². The van der Waals surface area contributed by atoms with Crippen molar-refractivity contribution in [3.8, 4) is 0 Å². The first-order valence-corrected chi connectivity index (χ1v) is 12.4. The summed E-state index contributed by atoms with van der Waals surface area (Å²) in [7, 11) is 0. The lowest BCUT2D eigenvalue weighted by Gasteiger charge is -2.26. The van der Waals surface area contributed by atoms with Gasteiger partial charge < -0.3 is 15.5 Å². The Kier molecular flexibility index (Phi) is 7.09. The Morgan fingerprint density at radius 2 is 1.87 bits per heavy atom. The van der Waals surface area contributed by atoms with Crippen LogP contribution in [0.5, 0.6) is 0 Å². The Morgan fingerprint density at radius 3 is 2.61 bits per heavy atom. The molecule has 2 aromatic rings. The molecule has 2 heterocycles. The van der Waals surface area contributed by atoms with E-state index in [1.54, 1.807) is 24.3 Å². The minimum atomic E-state index is -0.506. The van der Waals surface area contributed by atoms with Crippen LogP contribution >= 0.6 is 35.1 Å². The largest absolute Gasteiger partial charge is 0.341 e. The number of benzene rings is 2. The number of carbonyl (C=O) groups is 3. The van der Waals surface area contributed by atoms with Crippen LogP contribution in [-0.2, 0) is 20.8 Å². The average Bonchev–Trinajstić information content (AvgIpc) is 2.76. The Balaban J connectivity index is 1.30. The standard InChI is InChI=1S/C22H22ClN3O3S2/c23-15-3-6-18-17(12-15)25-22(29)19(31-18)13-20(27)24-16-4-1-14(2-5-16)11-21(28)26-7-9-30-10-8-26/h1-6,12,19H,7-11,13H2,(H,24,27)(H,25,29). The fourth-order valence-electron chi connectivity index (χ4n) is 3.44. The summed E-state index contributed by atoms with van der Waals surface area (Å²) >= 11 is 9.20. The normalized spacial score (nSPS) is 18.2. The molecule has 6 nitrogen and oxygen atoms in total. The number of hydrogen-bond acceptors (Lipinski definition) is 5. The van der Waals surface area contributed by atoms with E-state index in [9.17, 15) is 14.4 Å². The summed E-state index contributed by atoms with van der Waals surface area (Å²) in [6.45, 7) is 1.61. The number of halogens is 1. The predicted molar refractivity (Wildman–Crippen MR) is 127 cm³/mol. The van der Waals surface area contributed by atoms with Gasteiger partial charge in [-0.1, -0.05) is 23.7 Å². The van der Waals surface area contributed by atoms with E-state index in [4.69, 9.17) is 11.6 Å². The number of nitrogens with zero attached hydrogens (tertiary/aromatic N) is 1. The molecule has 3 amide bonds. The zero-order chi connectivity index (χ0) is 21.8. The molecule has 0 bridgehead atoms. The van der Waals surface area contributed by atoms with Crippen molar-refractivity contribution in [1.82, 2.24) is 4.90 Å². The van der Waals surface area contributed by atoms with Crippen molar-refractivity contribution >= 4 is 64.2 Å². The van der Waals surface area contributed by atoms with Crippen LogP contribution in [0.25, 0.3) is 0 Å². The smallest absolute Gasteiger partial charge is 0.238 e. The number of nitrogens with one attached hydrogen (secondary N) is 2. The van der Waals surface area contributed by atoms with Crippen LogP contribution in [0.4, 0.5) is 11.4 Å². The lowest BCUT2D eigenvalue weighted by Crippen LogP contribution is -2.38. The van der Waals surface area contributed by atoms with Gasteiger partial charge in [0.05, 0.1) is 17.4 Å². The van der Waals surface area contributed by atoms with Gasteiger partial charge in [0, 0.05) is 46.6 Å². The first-order chi connectivity index (χ1) is 15.0. The summed E-state index contributed by atoms with van der Waals surface area (Å²) in [4.78, 5) is 40.0. The number of rotatable bonds is 5. The number of carbonyl (C=O) groups excluding carboxylic acids is 3. The summed E-state index contributed by atoms with van der Waals surface area (Å²) in [6, 6.07) is 12.6. The molecule has 2 aliphatic heterocycles. The van der Waals surface area contributed by atoms with E-state index in [2.05, 4.69) is 10.6 Å². The summed E-state index contributed by atoms with van der Waals surface area (Å²) in [6.07, 6.45) is 0.424. The van der Waals surface area contributed by atoms with Crippen LogP contribution in [0.2, 0.25) is 5.02 Å². The molecule has 0 spiro atoms. The fraction of sp³-hybridized carbons (Fsp3) is 0.318. The molecule has 1 atom stereocenters. The molecule has 0 radical (unpaired) electrons. The van der Waals surface area contributed by atoms with E-state index in [1.165, 1.54) is 11.8 Å². The molecule has 0 aliphatic carbocycles. The Labute approximate surface area is 194 Å². The molecule has 31 heavy (non-hydrogen) atoms. The second-order valence-corrected chi connectivity index (χ2v) is 10.3. The molecule has 4 rings (SSSR count). The average molecular weight is 476 g/mol. The van der Waals surface area contributed by atoms with E-state index in [1.807, 2.05) is 34.9 Å². The van der Waals surface area contributed by atoms with E-state index in [0.29, 0.717) is 22.8 Å². The molecule has 2 aromatic carbocycles. The lowest BCUT2D eigenvalue weighted by atomic mass is 10.1. The van der Waals surface area contributed by atoms with Gasteiger partial charge in [-0.2, -0.15) is 11.8 Å². The maximum atomic E-state index is 12.5. The van der Waals surface area contributed by atoms with Gasteiger partial charge >= 0.3 is 0 Å². The Morgan fingerprint density at radius 1 is 1.13 bits per heavy atom. The SMILES string of the molecule is O=C(CC1Sc2ccc(Cl)cc2NC1=O)Nc1ccc(CC(=O)N2CCSCC2)cc1. The van der Waals surface area contributed by atoms with E-state index in [0.717, 1.165) is 35.1 Å². The van der Waals surface area contributed by atoms with Gasteiger partial charge in [-0.25, -0.2) is 0 Å². The van der Waals surface area contributed by atoms with Crippen LogP contribution < -0.4 is 10.6 Å². The third-order valence-corrected chi connectivity index (χ3v) is 7.54. The molecule has 0 saturated carbocycles. The van der Waals surface area contributed by atoms with Gasteiger partial charge in [-0.3, -0.25) is 14.4 Å². The minimum absolute atomic E-state index is 0.0613. The number of amides is 3. The molecular formula is C22H22ClN3O3S2. The van der Waals surface area contributed by atoms with Crippen LogP contribution in [0.3, 0.4) is 0 Å². The third kappa shape index (κ3) is 5.75. The van der Waals surface area contributed by atoms with E-state index in [-0.39, 0.29) is 24.1 Å². The molecule has 1 fully saturated rings. The number of hydrogen-bond donors (Lipinski definition) is 2. The second kappa shape index (κ2) is 9.97. The predicted octanol–water partition coefficient (Wildman–Crippen LogP) is 3.90. The van der Waals surface area contributed by atoms with Crippen LogP contribution in [0, 0.1) is 0 Å². The minimum Gasteiger partial charge on any atom is -0.341 e. The third-order valence-electron chi connectivity index (χ3n) is 5.09. The summed E-state index contributed by atoms with van der Waals surface area (Å²) in [5.41, 5.74) is 2.23. The van der Waals surface area contributed by atoms with Crippen molar-refractivity contribution < 1.29 is 14.4 Å². The highest BCUT2D eigenvalue weighted by Gasteiger charge is 2.29. The van der Waals surface area contributed by atoms with Crippen molar-refractivity contribution in [3.05, 3.63) is 53.1 Å². The first-order valence-electron chi connectivity index (χ1n) is 9.99. The zero-order valence-corrected chi connectivity index (χ0v) is 19.1. The monoisotopic (exact) mass is 475 g/mol. The molecule has 0 aromatic heterocycles. The first kappa shape index (κ1) is 22.0. The van der Waals surface area contributed by atoms with Crippen LogP contribution in [-0.4, -0.2) is 52.5 Å². The number of thioether (sulfide) groups is 2. The second-order valence-electron chi connectivity index (χ2n) is 7.36. The van der Waals surface area contributed by atoms with E-state index >= 15 is 0 Å². The topological polar surface area (TPSA) is 78.5 Å². The van der Waals surface area contributed by atoms with Gasteiger partial charge in [-0.05, 0) is 35.9 Å². The van der Waals surface area contributed by atoms with Gasteiger partial charge in [0.15, 0.2) is 0 Å². The van der Waals surface area contributed by atoms with Crippen molar-refractivity contribution in [2.45, 2.75) is 23.0 Å². The summed E-state index contributed by atoms with van der Waals surface area (Å²) < 4.78 is 0. The van der Waals surface area contributed by atoms with Crippen LogP contribution in [0.1, 0.15) is 12.0 Å². The highest BCUT2D eigenvalue weighted by atomic mass is 35.5. The van der Waals surface area contributed by atoms with Crippen molar-refractivity contribution in [1.29, 1.82) is 0 Å². The fourth-order valence-corrected chi connectivity index (χ4v) is 5.61. The summed E-state index contributed by atoms with van der Waals surface area (Å²) in [5.74, 6) is 1.68. The highest BCUT2D eigenvalue weighted by molar-refractivity contribution is 8.01. The van der Waals surface area contributed by atoms with Crippen molar-refractivity contribution in [2.75, 3.05) is 35.2 Å². The van der Waals surface area contributed by atoms with Gasteiger partial charge in [-0.15, -0.1) is 11.8 Å². The molecule has 2 N–H and O–H groups in total. The summed E-state index contributed by atoms with van der Waals surface area (Å²) in [5, 5.41) is 5.69. The highest BCUT2D eigenvalue weighted by Crippen LogP contribution is 2.38. The molecular weight excluding hydrogens is 454 g/mol. The molecule has 1 unspecified atom stereocenters. The number of anilines is 2. The number of fused-ring (bicyclic) bond motifs is 1. The van der Waals surface area contributed by atoms with Crippen LogP contribution in [0.15, 0.2) is 47.4 Å². The van der Waals surface area contributed by atoms with E-state index < -0.39 is 5.25 Å². The van der Waals surface area contributed by atoms with Gasteiger partial charge in [0.2, 0.25) is 17.7 Å². The lowest BCUT2D eigenvalue weighted by molar-refractivity contribution is -0.130. The molecule has 2 aliphatic rings. The molecule has 1 saturated heterocycles.